The normalized spacial score (nSPS) is 16.8. The maximum absolute atomic E-state index is 12.0. The van der Waals surface area contributed by atoms with E-state index >= 15 is 0 Å². The third-order valence-electron chi connectivity index (χ3n) is 2.61. The molecule has 6 heteroatoms. The molecule has 0 radical (unpaired) electrons. The summed E-state index contributed by atoms with van der Waals surface area (Å²) in [6, 6.07) is 0.624. The Hall–Kier alpha value is -1.85. The molecule has 2 rings (SSSR count). The van der Waals surface area contributed by atoms with Crippen molar-refractivity contribution in [3.05, 3.63) is 18.0 Å². The highest BCUT2D eigenvalue weighted by atomic mass is 16.5. The maximum atomic E-state index is 12.0. The van der Waals surface area contributed by atoms with Crippen LogP contribution in [0, 0.1) is 0 Å². The van der Waals surface area contributed by atoms with E-state index in [0.29, 0.717) is 0 Å². The molecule has 0 aliphatic heterocycles. The van der Waals surface area contributed by atoms with Gasteiger partial charge in [0, 0.05) is 12.1 Å². The highest BCUT2D eigenvalue weighted by Crippen LogP contribution is 2.29. The first-order valence-electron chi connectivity index (χ1n) is 5.07. The number of carboxylic acid groups (broad SMARTS) is 1. The zero-order valence-corrected chi connectivity index (χ0v) is 8.79. The molecule has 1 fully saturated rings. The van der Waals surface area contributed by atoms with E-state index in [9.17, 15) is 9.59 Å². The Labute approximate surface area is 91.8 Å². The summed E-state index contributed by atoms with van der Waals surface area (Å²) in [7, 11) is 0. The lowest BCUT2D eigenvalue weighted by Gasteiger charge is -2.25. The minimum atomic E-state index is -1.01. The average molecular weight is 224 g/mol. The van der Waals surface area contributed by atoms with Crippen molar-refractivity contribution in [3.63, 3.8) is 0 Å². The fraction of sp³-hybridized carbons (Fsp3) is 0.500. The second-order valence-corrected chi connectivity index (χ2v) is 3.84. The van der Waals surface area contributed by atoms with Crippen molar-refractivity contribution < 1.29 is 19.2 Å². The van der Waals surface area contributed by atoms with Crippen LogP contribution in [0.1, 0.15) is 30.3 Å². The first-order valence-corrected chi connectivity index (χ1v) is 5.07. The van der Waals surface area contributed by atoms with Gasteiger partial charge in [-0.2, -0.15) is 0 Å². The van der Waals surface area contributed by atoms with Crippen molar-refractivity contribution in [3.8, 4) is 0 Å². The van der Waals surface area contributed by atoms with Gasteiger partial charge in [-0.05, 0) is 19.8 Å². The quantitative estimate of drug-likeness (QED) is 0.815. The lowest BCUT2D eigenvalue weighted by atomic mass is 10.2. The van der Waals surface area contributed by atoms with E-state index in [1.807, 2.05) is 0 Å². The van der Waals surface area contributed by atoms with Crippen molar-refractivity contribution in [2.75, 3.05) is 0 Å². The first-order chi connectivity index (χ1) is 7.61. The highest BCUT2D eigenvalue weighted by Gasteiger charge is 2.39. The van der Waals surface area contributed by atoms with Crippen LogP contribution in [0.2, 0.25) is 0 Å². The molecular formula is C10H12N2O4. The summed E-state index contributed by atoms with van der Waals surface area (Å²) in [6.45, 7) is 1.50. The Kier molecular flexibility index (Phi) is 2.64. The largest absolute Gasteiger partial charge is 0.480 e. The third kappa shape index (κ3) is 1.91. The van der Waals surface area contributed by atoms with Gasteiger partial charge in [0.25, 0.3) is 5.91 Å². The number of nitrogens with zero attached hydrogens (tertiary/aromatic N) is 2. The van der Waals surface area contributed by atoms with E-state index in [2.05, 4.69) is 9.68 Å². The van der Waals surface area contributed by atoms with Crippen LogP contribution in [0.4, 0.5) is 0 Å². The number of hydrogen-bond donors (Lipinski definition) is 1. The van der Waals surface area contributed by atoms with Crippen LogP contribution in [0.3, 0.4) is 0 Å². The first kappa shape index (κ1) is 10.7. The van der Waals surface area contributed by atoms with Gasteiger partial charge < -0.3 is 14.5 Å². The van der Waals surface area contributed by atoms with Crippen LogP contribution in [-0.2, 0) is 4.79 Å². The molecule has 6 nitrogen and oxygen atoms in total. The number of carbonyl (C=O) groups excluding carboxylic acids is 1. The minimum Gasteiger partial charge on any atom is -0.480 e. The van der Waals surface area contributed by atoms with E-state index in [4.69, 9.17) is 5.11 Å². The molecular weight excluding hydrogens is 212 g/mol. The third-order valence-corrected chi connectivity index (χ3v) is 2.61. The van der Waals surface area contributed by atoms with Gasteiger partial charge in [-0.3, -0.25) is 4.79 Å². The molecule has 1 aliphatic rings. The molecule has 1 aliphatic carbocycles. The number of amides is 1. The molecule has 0 saturated heterocycles. The summed E-state index contributed by atoms with van der Waals surface area (Å²) in [6.07, 6.45) is 2.99. The van der Waals surface area contributed by atoms with E-state index in [-0.39, 0.29) is 17.6 Å². The maximum Gasteiger partial charge on any atom is 0.326 e. The summed E-state index contributed by atoms with van der Waals surface area (Å²) in [5.74, 6) is -1.39. The number of hydrogen-bond acceptors (Lipinski definition) is 4. The van der Waals surface area contributed by atoms with Crippen molar-refractivity contribution in [2.24, 2.45) is 0 Å². The predicted octanol–water partition coefficient (Wildman–Crippen LogP) is 0.752. The fourth-order valence-corrected chi connectivity index (χ4v) is 1.58. The molecule has 86 valence electrons. The van der Waals surface area contributed by atoms with Crippen molar-refractivity contribution in [1.82, 2.24) is 10.1 Å². The summed E-state index contributed by atoms with van der Waals surface area (Å²) < 4.78 is 4.58. The predicted molar refractivity (Wildman–Crippen MR) is 52.8 cm³/mol. The highest BCUT2D eigenvalue weighted by molar-refractivity contribution is 5.95. The molecule has 1 N–H and O–H groups in total. The van der Waals surface area contributed by atoms with Gasteiger partial charge >= 0.3 is 5.97 Å². The van der Waals surface area contributed by atoms with Crippen molar-refractivity contribution in [2.45, 2.75) is 31.8 Å². The molecule has 1 amide bonds. The van der Waals surface area contributed by atoms with Crippen molar-refractivity contribution in [1.29, 1.82) is 0 Å². The molecule has 1 aromatic heterocycles. The lowest BCUT2D eigenvalue weighted by Crippen LogP contribution is -2.44. The van der Waals surface area contributed by atoms with Crippen LogP contribution in [0.5, 0.6) is 0 Å². The average Bonchev–Trinajstić information content (AvgIpc) is 2.93. The molecule has 1 unspecified atom stereocenters. The standard InChI is InChI=1S/C10H12N2O4/c1-6(10(14)15)12(7-2-3-7)9(13)8-4-5-16-11-8/h4-7H,2-3H2,1H3,(H,14,15). The monoisotopic (exact) mass is 224 g/mol. The minimum absolute atomic E-state index is 0.0234. The van der Waals surface area contributed by atoms with Gasteiger partial charge in [0.2, 0.25) is 0 Å². The zero-order valence-electron chi connectivity index (χ0n) is 8.79. The lowest BCUT2D eigenvalue weighted by molar-refractivity contribution is -0.141. The molecule has 1 saturated carbocycles. The smallest absolute Gasteiger partial charge is 0.326 e. The van der Waals surface area contributed by atoms with E-state index in [0.717, 1.165) is 12.8 Å². The number of carboxylic acids is 1. The van der Waals surface area contributed by atoms with Gasteiger partial charge in [-0.25, -0.2) is 4.79 Å². The molecule has 16 heavy (non-hydrogen) atoms. The van der Waals surface area contributed by atoms with Gasteiger partial charge in [0.05, 0.1) is 0 Å². The SMILES string of the molecule is CC(C(=O)O)N(C(=O)c1ccon1)C1CC1. The van der Waals surface area contributed by atoms with Gasteiger partial charge in [0.1, 0.15) is 12.3 Å². The Morgan fingerprint density at radius 1 is 1.62 bits per heavy atom. The summed E-state index contributed by atoms with van der Waals surface area (Å²) in [4.78, 5) is 24.2. The number of carbonyl (C=O) groups is 2. The number of aliphatic carboxylic acids is 1. The van der Waals surface area contributed by atoms with Gasteiger partial charge in [0.15, 0.2) is 5.69 Å². The Morgan fingerprint density at radius 3 is 2.75 bits per heavy atom. The van der Waals surface area contributed by atoms with E-state index in [1.165, 1.54) is 24.2 Å². The second-order valence-electron chi connectivity index (χ2n) is 3.84. The zero-order chi connectivity index (χ0) is 11.7. The fourth-order valence-electron chi connectivity index (χ4n) is 1.58. The van der Waals surface area contributed by atoms with Gasteiger partial charge in [-0.15, -0.1) is 0 Å². The Bertz CT molecular complexity index is 397. The number of rotatable bonds is 4. The Balaban J connectivity index is 2.19. The van der Waals surface area contributed by atoms with Crippen LogP contribution in [0.15, 0.2) is 16.9 Å². The van der Waals surface area contributed by atoms with Crippen LogP contribution in [0.25, 0.3) is 0 Å². The summed E-state index contributed by atoms with van der Waals surface area (Å²) in [5.41, 5.74) is 0.153. The second kappa shape index (κ2) is 3.96. The molecule has 0 aromatic carbocycles. The summed E-state index contributed by atoms with van der Waals surface area (Å²) >= 11 is 0. The van der Waals surface area contributed by atoms with Crippen LogP contribution < -0.4 is 0 Å². The van der Waals surface area contributed by atoms with Crippen LogP contribution >= 0.6 is 0 Å². The number of aromatic nitrogens is 1. The van der Waals surface area contributed by atoms with E-state index < -0.39 is 12.0 Å². The van der Waals surface area contributed by atoms with Crippen molar-refractivity contribution >= 4 is 11.9 Å². The Morgan fingerprint density at radius 2 is 2.31 bits per heavy atom. The molecule has 0 bridgehead atoms. The molecule has 1 atom stereocenters. The summed E-state index contributed by atoms with van der Waals surface area (Å²) in [5, 5.41) is 12.5. The molecule has 1 heterocycles. The van der Waals surface area contributed by atoms with Crippen LogP contribution in [-0.4, -0.2) is 39.1 Å². The topological polar surface area (TPSA) is 83.6 Å². The molecule has 0 spiro atoms. The van der Waals surface area contributed by atoms with Gasteiger partial charge in [-0.1, -0.05) is 5.16 Å². The molecule has 1 aromatic rings. The van der Waals surface area contributed by atoms with E-state index in [1.54, 1.807) is 0 Å².